The highest BCUT2D eigenvalue weighted by atomic mass is 32.2. The molecule has 5 heteroatoms. The first-order valence-corrected chi connectivity index (χ1v) is 9.09. The second-order valence-corrected chi connectivity index (χ2v) is 8.29. The fourth-order valence-corrected chi connectivity index (χ4v) is 5.86. The van der Waals surface area contributed by atoms with Crippen LogP contribution in [0.2, 0.25) is 0 Å². The zero-order valence-corrected chi connectivity index (χ0v) is 13.7. The number of benzene rings is 2. The Bertz CT molecular complexity index is 778. The van der Waals surface area contributed by atoms with Gasteiger partial charge in [-0.15, -0.1) is 0 Å². The summed E-state index contributed by atoms with van der Waals surface area (Å²) in [4.78, 5) is 0.228. The van der Waals surface area contributed by atoms with Crippen molar-refractivity contribution in [3.8, 4) is 0 Å². The summed E-state index contributed by atoms with van der Waals surface area (Å²) in [6.45, 7) is 1.23. The maximum atomic E-state index is 13.0. The normalized spacial score (nSPS) is 22.7. The van der Waals surface area contributed by atoms with Gasteiger partial charge in [-0.2, -0.15) is 0 Å². The molecule has 0 radical (unpaired) electrons. The van der Waals surface area contributed by atoms with Crippen molar-refractivity contribution in [1.29, 1.82) is 0 Å². The first-order chi connectivity index (χ1) is 11.0. The van der Waals surface area contributed by atoms with E-state index < -0.39 is 26.4 Å². The first-order valence-electron chi connectivity index (χ1n) is 7.54. The molecule has 0 aliphatic heterocycles. The highest BCUT2D eigenvalue weighted by Crippen LogP contribution is 2.63. The molecule has 0 spiro atoms. The van der Waals surface area contributed by atoms with Gasteiger partial charge in [-0.1, -0.05) is 48.0 Å². The third-order valence-corrected chi connectivity index (χ3v) is 7.15. The van der Waals surface area contributed by atoms with Crippen molar-refractivity contribution in [2.45, 2.75) is 23.0 Å². The predicted molar refractivity (Wildman–Crippen MR) is 87.9 cm³/mol. The van der Waals surface area contributed by atoms with Crippen LogP contribution in [0.15, 0.2) is 59.5 Å². The lowest BCUT2D eigenvalue weighted by molar-refractivity contribution is 0.130. The Kier molecular flexibility index (Phi) is 4.04. The molecule has 4 nitrogen and oxygen atoms in total. The first kappa shape index (κ1) is 16.2. The lowest BCUT2D eigenvalue weighted by Crippen LogP contribution is -2.22. The molecule has 23 heavy (non-hydrogen) atoms. The van der Waals surface area contributed by atoms with Crippen molar-refractivity contribution < 1.29 is 18.6 Å². The van der Waals surface area contributed by atoms with Gasteiger partial charge < -0.3 is 10.2 Å². The molecular formula is C18H20O4S. The van der Waals surface area contributed by atoms with Crippen molar-refractivity contribution in [2.75, 3.05) is 13.2 Å². The van der Waals surface area contributed by atoms with Crippen molar-refractivity contribution >= 4 is 9.84 Å². The molecule has 1 fully saturated rings. The quantitative estimate of drug-likeness (QED) is 0.877. The van der Waals surface area contributed by atoms with Crippen LogP contribution in [0.1, 0.15) is 17.0 Å². The zero-order chi connectivity index (χ0) is 16.7. The van der Waals surface area contributed by atoms with Gasteiger partial charge in [-0.05, 0) is 24.6 Å². The Morgan fingerprint density at radius 3 is 2.04 bits per heavy atom. The van der Waals surface area contributed by atoms with Crippen LogP contribution in [0, 0.1) is 12.3 Å². The molecule has 1 saturated carbocycles. The Morgan fingerprint density at radius 2 is 1.52 bits per heavy atom. The molecule has 0 bridgehead atoms. The number of hydrogen-bond acceptors (Lipinski definition) is 4. The summed E-state index contributed by atoms with van der Waals surface area (Å²) in [5, 5.41) is 18.8. The third-order valence-electron chi connectivity index (χ3n) is 4.81. The van der Waals surface area contributed by atoms with E-state index in [1.165, 1.54) is 0 Å². The molecule has 2 N–H and O–H groups in total. The lowest BCUT2D eigenvalue weighted by Gasteiger charge is -2.11. The van der Waals surface area contributed by atoms with E-state index >= 15 is 0 Å². The molecule has 122 valence electrons. The zero-order valence-electron chi connectivity index (χ0n) is 12.9. The Labute approximate surface area is 136 Å². The molecule has 2 atom stereocenters. The van der Waals surface area contributed by atoms with Crippen LogP contribution in [0.3, 0.4) is 0 Å². The second kappa shape index (κ2) is 5.74. The number of aliphatic hydroxyl groups is 2. The van der Waals surface area contributed by atoms with E-state index in [-0.39, 0.29) is 18.1 Å². The van der Waals surface area contributed by atoms with Crippen LogP contribution in [-0.4, -0.2) is 37.1 Å². The molecule has 2 aromatic carbocycles. The van der Waals surface area contributed by atoms with Gasteiger partial charge in [-0.25, -0.2) is 8.42 Å². The van der Waals surface area contributed by atoms with E-state index in [1.54, 1.807) is 30.3 Å². The van der Waals surface area contributed by atoms with Crippen molar-refractivity contribution in [2.24, 2.45) is 5.41 Å². The van der Waals surface area contributed by atoms with Crippen LogP contribution in [0.4, 0.5) is 0 Å². The van der Waals surface area contributed by atoms with E-state index in [9.17, 15) is 18.6 Å². The molecule has 2 aromatic rings. The van der Waals surface area contributed by atoms with Gasteiger partial charge in [0.15, 0.2) is 9.84 Å². The summed E-state index contributed by atoms with van der Waals surface area (Å²) >= 11 is 0. The SMILES string of the molecule is Cc1ccc([C@@H]2[C@H](S(=O)(=O)c3ccccc3)C2(CO)CO)cc1. The average Bonchev–Trinajstić information content (AvgIpc) is 3.27. The van der Waals surface area contributed by atoms with Crippen LogP contribution < -0.4 is 0 Å². The minimum atomic E-state index is -3.63. The number of aryl methyl sites for hydroxylation is 1. The molecule has 3 rings (SSSR count). The van der Waals surface area contributed by atoms with Crippen molar-refractivity contribution in [3.05, 3.63) is 65.7 Å². The second-order valence-electron chi connectivity index (χ2n) is 6.22. The van der Waals surface area contributed by atoms with E-state index in [1.807, 2.05) is 31.2 Å². The number of sulfone groups is 1. The van der Waals surface area contributed by atoms with E-state index in [0.717, 1.165) is 11.1 Å². The van der Waals surface area contributed by atoms with Crippen LogP contribution in [0.25, 0.3) is 0 Å². The predicted octanol–water partition coefficient (Wildman–Crippen LogP) is 1.91. The van der Waals surface area contributed by atoms with E-state index in [2.05, 4.69) is 0 Å². The number of aliphatic hydroxyl groups excluding tert-OH is 2. The Balaban J connectivity index is 2.05. The molecular weight excluding hydrogens is 312 g/mol. The topological polar surface area (TPSA) is 74.6 Å². The maximum absolute atomic E-state index is 13.0. The summed E-state index contributed by atoms with van der Waals surface area (Å²) in [5.41, 5.74) is 0.892. The molecule has 1 aliphatic carbocycles. The smallest absolute Gasteiger partial charge is 0.182 e. The van der Waals surface area contributed by atoms with Gasteiger partial charge in [0.1, 0.15) is 0 Å². The van der Waals surface area contributed by atoms with Crippen LogP contribution in [0.5, 0.6) is 0 Å². The minimum Gasteiger partial charge on any atom is -0.396 e. The Hall–Kier alpha value is -1.69. The fraction of sp³-hybridized carbons (Fsp3) is 0.333. The molecule has 1 aliphatic rings. The summed E-state index contributed by atoms with van der Waals surface area (Å²) in [7, 11) is -3.63. The molecule has 0 unspecified atom stereocenters. The highest BCUT2D eigenvalue weighted by Gasteiger charge is 2.70. The third kappa shape index (κ3) is 2.49. The van der Waals surface area contributed by atoms with Gasteiger partial charge >= 0.3 is 0 Å². The number of rotatable bonds is 5. The molecule has 0 heterocycles. The fourth-order valence-electron chi connectivity index (χ4n) is 3.41. The van der Waals surface area contributed by atoms with Crippen molar-refractivity contribution in [3.63, 3.8) is 0 Å². The summed E-state index contributed by atoms with van der Waals surface area (Å²) in [6.07, 6.45) is 0. The molecule has 0 amide bonds. The van der Waals surface area contributed by atoms with Crippen LogP contribution in [-0.2, 0) is 9.84 Å². The monoisotopic (exact) mass is 332 g/mol. The average molecular weight is 332 g/mol. The largest absolute Gasteiger partial charge is 0.396 e. The molecule has 0 saturated heterocycles. The van der Waals surface area contributed by atoms with Crippen LogP contribution >= 0.6 is 0 Å². The van der Waals surface area contributed by atoms with E-state index in [4.69, 9.17) is 0 Å². The summed E-state index contributed by atoms with van der Waals surface area (Å²) in [6, 6.07) is 15.8. The van der Waals surface area contributed by atoms with Crippen molar-refractivity contribution in [1.82, 2.24) is 0 Å². The van der Waals surface area contributed by atoms with Gasteiger partial charge in [0, 0.05) is 11.3 Å². The molecule has 0 aromatic heterocycles. The lowest BCUT2D eigenvalue weighted by atomic mass is 10.00. The summed E-state index contributed by atoms with van der Waals surface area (Å²) in [5.74, 6) is -0.400. The highest BCUT2D eigenvalue weighted by molar-refractivity contribution is 7.92. The van der Waals surface area contributed by atoms with Gasteiger partial charge in [-0.3, -0.25) is 0 Å². The maximum Gasteiger partial charge on any atom is 0.182 e. The van der Waals surface area contributed by atoms with Gasteiger partial charge in [0.25, 0.3) is 0 Å². The number of hydrogen-bond donors (Lipinski definition) is 2. The Morgan fingerprint density at radius 1 is 0.957 bits per heavy atom. The van der Waals surface area contributed by atoms with Gasteiger partial charge in [0.2, 0.25) is 0 Å². The summed E-state index contributed by atoms with van der Waals surface area (Å²) < 4.78 is 25.9. The standard InChI is InChI=1S/C18H20O4S/c1-13-7-9-14(10-8-13)16-17(18(16,11-19)12-20)23(21,22)15-5-3-2-4-6-15/h2-10,16-17,19-20H,11-12H2,1H3/t16-,17+/m1/s1. The van der Waals surface area contributed by atoms with E-state index in [0.29, 0.717) is 0 Å². The van der Waals surface area contributed by atoms with Gasteiger partial charge in [0.05, 0.1) is 23.4 Å². The minimum absolute atomic E-state index is 0.228.